The van der Waals surface area contributed by atoms with Gasteiger partial charge in [0.2, 0.25) is 0 Å². The molecule has 15 heavy (non-hydrogen) atoms. The van der Waals surface area contributed by atoms with Crippen molar-refractivity contribution in [1.82, 2.24) is 0 Å². The molecule has 1 unspecified atom stereocenters. The summed E-state index contributed by atoms with van der Waals surface area (Å²) in [6.45, 7) is 8.51. The van der Waals surface area contributed by atoms with E-state index in [0.29, 0.717) is 17.6 Å². The van der Waals surface area contributed by atoms with Gasteiger partial charge in [0.05, 0.1) is 0 Å². The third-order valence-electron chi connectivity index (χ3n) is 3.60. The van der Waals surface area contributed by atoms with Crippen LogP contribution in [0.15, 0.2) is 11.6 Å². The van der Waals surface area contributed by atoms with E-state index in [-0.39, 0.29) is 0 Å². The molecule has 1 aliphatic rings. The van der Waals surface area contributed by atoms with Gasteiger partial charge in [-0.15, -0.1) is 0 Å². The lowest BCUT2D eigenvalue weighted by Crippen LogP contribution is -1.91. The van der Waals surface area contributed by atoms with Crippen molar-refractivity contribution in [2.75, 3.05) is 0 Å². The van der Waals surface area contributed by atoms with Crippen LogP contribution in [0.25, 0.3) is 0 Å². The molecule has 1 rings (SSSR count). The van der Waals surface area contributed by atoms with Crippen molar-refractivity contribution in [3.63, 3.8) is 0 Å². The van der Waals surface area contributed by atoms with Gasteiger partial charge in [-0.25, -0.2) is 0 Å². The quantitative estimate of drug-likeness (QED) is 0.600. The largest absolute Gasteiger partial charge is 0.300 e. The average molecular weight is 208 g/mol. The number of hydrogen-bond donors (Lipinski definition) is 0. The number of rotatable bonds is 6. The molecule has 0 aromatic rings. The maximum atomic E-state index is 10.8. The summed E-state index contributed by atoms with van der Waals surface area (Å²) in [4.78, 5) is 10.8. The molecule has 1 atom stereocenters. The van der Waals surface area contributed by atoms with E-state index in [1.807, 2.05) is 0 Å². The average Bonchev–Trinajstić information content (AvgIpc) is 2.71. The van der Waals surface area contributed by atoms with Crippen molar-refractivity contribution >= 4 is 5.78 Å². The molecule has 0 aliphatic heterocycles. The lowest BCUT2D eigenvalue weighted by atomic mass is 10.0. The van der Waals surface area contributed by atoms with E-state index in [4.69, 9.17) is 0 Å². The Morgan fingerprint density at radius 2 is 1.93 bits per heavy atom. The molecule has 1 fully saturated rings. The molecule has 1 saturated carbocycles. The lowest BCUT2D eigenvalue weighted by molar-refractivity contribution is -0.116. The second kappa shape index (κ2) is 4.96. The van der Waals surface area contributed by atoms with Gasteiger partial charge in [-0.3, -0.25) is 0 Å². The summed E-state index contributed by atoms with van der Waals surface area (Å²) < 4.78 is 0. The van der Waals surface area contributed by atoms with E-state index in [9.17, 15) is 4.79 Å². The molecule has 1 heteroatoms. The minimum Gasteiger partial charge on any atom is -0.300 e. The Kier molecular flexibility index (Phi) is 4.12. The third kappa shape index (κ3) is 4.63. The van der Waals surface area contributed by atoms with Gasteiger partial charge in [-0.05, 0) is 50.9 Å². The molecule has 0 heterocycles. The molecular formula is C14H24O. The van der Waals surface area contributed by atoms with Crippen molar-refractivity contribution in [1.29, 1.82) is 0 Å². The first kappa shape index (κ1) is 12.5. The molecule has 1 nitrogen and oxygen atoms in total. The highest BCUT2D eigenvalue weighted by Crippen LogP contribution is 2.54. The predicted molar refractivity (Wildman–Crippen MR) is 64.8 cm³/mol. The fourth-order valence-electron chi connectivity index (χ4n) is 2.08. The molecule has 0 spiro atoms. The van der Waals surface area contributed by atoms with Gasteiger partial charge in [0.1, 0.15) is 5.78 Å². The molecule has 0 aromatic carbocycles. The number of carbonyl (C=O) groups excluding carboxylic acids is 1. The fraction of sp³-hybridized carbons (Fsp3) is 0.786. The van der Waals surface area contributed by atoms with Gasteiger partial charge in [-0.2, -0.15) is 0 Å². The van der Waals surface area contributed by atoms with E-state index in [2.05, 4.69) is 26.8 Å². The van der Waals surface area contributed by atoms with Gasteiger partial charge in [0.25, 0.3) is 0 Å². The number of ketones is 1. The molecule has 0 N–H and O–H groups in total. The summed E-state index contributed by atoms with van der Waals surface area (Å²) in [5.41, 5.74) is 1.99. The van der Waals surface area contributed by atoms with Crippen LogP contribution in [-0.2, 0) is 4.79 Å². The molecule has 0 amide bonds. The van der Waals surface area contributed by atoms with E-state index in [1.165, 1.54) is 24.8 Å². The summed E-state index contributed by atoms with van der Waals surface area (Å²) in [6.07, 6.45) is 7.88. The Balaban J connectivity index is 2.12. The topological polar surface area (TPSA) is 17.1 Å². The fourth-order valence-corrected chi connectivity index (χ4v) is 2.08. The van der Waals surface area contributed by atoms with Gasteiger partial charge in [0.15, 0.2) is 0 Å². The van der Waals surface area contributed by atoms with Crippen LogP contribution in [0.5, 0.6) is 0 Å². The SMILES string of the molecule is CC(=O)CCC(C)=CCCC1CC1(C)C. The van der Waals surface area contributed by atoms with Crippen LogP contribution in [-0.4, -0.2) is 5.78 Å². The Hall–Kier alpha value is -0.590. The van der Waals surface area contributed by atoms with Crippen LogP contribution in [0.3, 0.4) is 0 Å². The zero-order valence-corrected chi connectivity index (χ0v) is 10.6. The van der Waals surface area contributed by atoms with Crippen molar-refractivity contribution in [2.24, 2.45) is 11.3 Å². The number of allylic oxidation sites excluding steroid dienone is 2. The van der Waals surface area contributed by atoms with Gasteiger partial charge in [0, 0.05) is 6.42 Å². The minimum absolute atomic E-state index is 0.297. The van der Waals surface area contributed by atoms with Crippen LogP contribution in [0.2, 0.25) is 0 Å². The maximum Gasteiger partial charge on any atom is 0.130 e. The molecule has 0 radical (unpaired) electrons. The smallest absolute Gasteiger partial charge is 0.130 e. The van der Waals surface area contributed by atoms with Crippen molar-refractivity contribution in [2.45, 2.75) is 59.8 Å². The summed E-state index contributed by atoms with van der Waals surface area (Å²) in [5, 5.41) is 0. The number of Topliss-reactive ketones (excluding diaryl/α,β-unsaturated/α-hetero) is 1. The van der Waals surface area contributed by atoms with E-state index in [0.717, 1.165) is 12.3 Å². The van der Waals surface area contributed by atoms with E-state index < -0.39 is 0 Å². The van der Waals surface area contributed by atoms with Gasteiger partial charge >= 0.3 is 0 Å². The number of hydrogen-bond acceptors (Lipinski definition) is 1. The lowest BCUT2D eigenvalue weighted by Gasteiger charge is -2.02. The first-order valence-electron chi connectivity index (χ1n) is 6.07. The van der Waals surface area contributed by atoms with Crippen LogP contribution in [0.4, 0.5) is 0 Å². The van der Waals surface area contributed by atoms with Crippen molar-refractivity contribution in [3.05, 3.63) is 11.6 Å². The molecular weight excluding hydrogens is 184 g/mol. The standard InChI is InChI=1S/C14H24O/c1-11(8-9-12(2)15)6-5-7-13-10-14(13,3)4/h6,13H,5,7-10H2,1-4H3. The first-order valence-corrected chi connectivity index (χ1v) is 6.07. The van der Waals surface area contributed by atoms with E-state index in [1.54, 1.807) is 6.92 Å². The monoisotopic (exact) mass is 208 g/mol. The highest BCUT2D eigenvalue weighted by molar-refractivity contribution is 5.75. The first-order chi connectivity index (χ1) is 6.92. The minimum atomic E-state index is 0.297. The zero-order chi connectivity index (χ0) is 11.5. The van der Waals surface area contributed by atoms with Crippen molar-refractivity contribution < 1.29 is 4.79 Å². The Bertz CT molecular complexity index is 261. The second-order valence-electron chi connectivity index (χ2n) is 5.72. The molecule has 0 saturated heterocycles. The summed E-state index contributed by atoms with van der Waals surface area (Å²) in [6, 6.07) is 0. The Morgan fingerprint density at radius 1 is 1.33 bits per heavy atom. The summed E-state index contributed by atoms with van der Waals surface area (Å²) in [5.74, 6) is 1.24. The third-order valence-corrected chi connectivity index (χ3v) is 3.60. The highest BCUT2D eigenvalue weighted by Gasteiger charge is 2.44. The Labute approximate surface area is 93.9 Å². The van der Waals surface area contributed by atoms with Crippen LogP contribution >= 0.6 is 0 Å². The molecule has 1 aliphatic carbocycles. The van der Waals surface area contributed by atoms with Crippen LogP contribution in [0, 0.1) is 11.3 Å². The highest BCUT2D eigenvalue weighted by atomic mass is 16.1. The zero-order valence-electron chi connectivity index (χ0n) is 10.6. The Morgan fingerprint density at radius 3 is 2.40 bits per heavy atom. The molecule has 0 bridgehead atoms. The normalized spacial score (nSPS) is 24.0. The predicted octanol–water partition coefficient (Wildman–Crippen LogP) is 4.13. The molecule has 0 aromatic heterocycles. The summed E-state index contributed by atoms with van der Waals surface area (Å²) >= 11 is 0. The van der Waals surface area contributed by atoms with Gasteiger partial charge in [-0.1, -0.05) is 25.5 Å². The van der Waals surface area contributed by atoms with Gasteiger partial charge < -0.3 is 4.79 Å². The maximum absolute atomic E-state index is 10.8. The summed E-state index contributed by atoms with van der Waals surface area (Å²) in [7, 11) is 0. The van der Waals surface area contributed by atoms with Crippen LogP contribution in [0.1, 0.15) is 59.8 Å². The number of carbonyl (C=O) groups is 1. The second-order valence-corrected chi connectivity index (χ2v) is 5.72. The van der Waals surface area contributed by atoms with Crippen molar-refractivity contribution in [3.8, 4) is 0 Å². The van der Waals surface area contributed by atoms with E-state index >= 15 is 0 Å². The molecule has 86 valence electrons. The van der Waals surface area contributed by atoms with Crippen LogP contribution < -0.4 is 0 Å².